The van der Waals surface area contributed by atoms with Crippen LogP contribution in [0.15, 0.2) is 29.2 Å². The van der Waals surface area contributed by atoms with Crippen LogP contribution in [0.5, 0.6) is 0 Å². The molecule has 5 heteroatoms. The standard InChI is InChI=1S/C6H6FNO2S/c7-11(9,10)6-4-2-1-3-5(6)8/h1-4H,8H2. The van der Waals surface area contributed by atoms with Gasteiger partial charge in [-0.3, -0.25) is 0 Å². The SMILES string of the molecule is Nc1ccccc1S(=O)(=O)F. The second-order valence-corrected chi connectivity index (χ2v) is 3.29. The Labute approximate surface area is 63.9 Å². The summed E-state index contributed by atoms with van der Waals surface area (Å²) in [5.41, 5.74) is 5.11. The number of nitrogens with two attached hydrogens (primary N) is 1. The van der Waals surface area contributed by atoms with E-state index in [2.05, 4.69) is 0 Å². The maximum Gasteiger partial charge on any atom is 0.334 e. The van der Waals surface area contributed by atoms with Crippen molar-refractivity contribution in [2.24, 2.45) is 0 Å². The Balaban J connectivity index is 3.37. The van der Waals surface area contributed by atoms with Crippen molar-refractivity contribution in [3.8, 4) is 0 Å². The van der Waals surface area contributed by atoms with Crippen LogP contribution in [0.1, 0.15) is 0 Å². The Kier molecular flexibility index (Phi) is 1.82. The Morgan fingerprint density at radius 2 is 1.82 bits per heavy atom. The molecular formula is C6H6FNO2S. The highest BCUT2D eigenvalue weighted by atomic mass is 32.3. The number of para-hydroxylation sites is 1. The predicted octanol–water partition coefficient (Wildman–Crippen LogP) is 0.927. The first-order valence-electron chi connectivity index (χ1n) is 2.81. The maximum atomic E-state index is 12.3. The zero-order chi connectivity index (χ0) is 8.48. The van der Waals surface area contributed by atoms with E-state index in [4.69, 9.17) is 5.73 Å². The third-order valence-electron chi connectivity index (χ3n) is 1.18. The van der Waals surface area contributed by atoms with Crippen LogP contribution in [-0.2, 0) is 10.2 Å². The Hall–Kier alpha value is -1.10. The fourth-order valence-electron chi connectivity index (χ4n) is 0.703. The van der Waals surface area contributed by atoms with Gasteiger partial charge in [0.1, 0.15) is 4.90 Å². The average Bonchev–Trinajstić information content (AvgIpc) is 1.86. The van der Waals surface area contributed by atoms with E-state index in [-0.39, 0.29) is 5.69 Å². The second-order valence-electron chi connectivity index (χ2n) is 1.98. The molecule has 60 valence electrons. The first-order chi connectivity index (χ1) is 5.02. The fourth-order valence-corrected chi connectivity index (χ4v) is 1.29. The van der Waals surface area contributed by atoms with Gasteiger partial charge in [0.05, 0.1) is 5.69 Å². The number of anilines is 1. The van der Waals surface area contributed by atoms with Gasteiger partial charge in [0.15, 0.2) is 0 Å². The van der Waals surface area contributed by atoms with Crippen LogP contribution in [0.25, 0.3) is 0 Å². The van der Waals surface area contributed by atoms with Gasteiger partial charge in [-0.15, -0.1) is 3.89 Å². The van der Waals surface area contributed by atoms with Gasteiger partial charge >= 0.3 is 10.2 Å². The summed E-state index contributed by atoms with van der Waals surface area (Å²) < 4.78 is 32.9. The third-order valence-corrected chi connectivity index (χ3v) is 2.08. The van der Waals surface area contributed by atoms with Gasteiger partial charge in [-0.2, -0.15) is 8.42 Å². The minimum Gasteiger partial charge on any atom is -0.398 e. The van der Waals surface area contributed by atoms with Gasteiger partial charge in [0.25, 0.3) is 0 Å². The van der Waals surface area contributed by atoms with Crippen molar-refractivity contribution in [3.63, 3.8) is 0 Å². The van der Waals surface area contributed by atoms with Crippen LogP contribution in [-0.4, -0.2) is 8.42 Å². The molecule has 0 aromatic heterocycles. The van der Waals surface area contributed by atoms with Crippen LogP contribution in [0.2, 0.25) is 0 Å². The van der Waals surface area contributed by atoms with Crippen LogP contribution in [0, 0.1) is 0 Å². The molecule has 0 atom stereocenters. The number of nitrogen functional groups attached to an aromatic ring is 1. The minimum atomic E-state index is -4.66. The normalized spacial score (nSPS) is 11.4. The number of hydrogen-bond acceptors (Lipinski definition) is 3. The van der Waals surface area contributed by atoms with Gasteiger partial charge < -0.3 is 5.73 Å². The van der Waals surface area contributed by atoms with E-state index in [0.29, 0.717) is 0 Å². The van der Waals surface area contributed by atoms with Gasteiger partial charge in [-0.25, -0.2) is 0 Å². The zero-order valence-corrected chi connectivity index (χ0v) is 6.31. The first-order valence-corrected chi connectivity index (χ1v) is 4.19. The minimum absolute atomic E-state index is 0.0741. The number of rotatable bonds is 1. The molecule has 0 aliphatic heterocycles. The third kappa shape index (κ3) is 1.68. The summed E-state index contributed by atoms with van der Waals surface area (Å²) in [6.07, 6.45) is 0. The first kappa shape index (κ1) is 8.00. The van der Waals surface area contributed by atoms with Gasteiger partial charge in [-0.05, 0) is 12.1 Å². The quantitative estimate of drug-likeness (QED) is 0.510. The highest BCUT2D eigenvalue weighted by molar-refractivity contribution is 7.86. The van der Waals surface area contributed by atoms with Gasteiger partial charge in [-0.1, -0.05) is 12.1 Å². The summed E-state index contributed by atoms with van der Waals surface area (Å²) in [4.78, 5) is -0.472. The average molecular weight is 175 g/mol. The van der Waals surface area contributed by atoms with E-state index in [1.54, 1.807) is 0 Å². The van der Waals surface area contributed by atoms with Crippen LogP contribution >= 0.6 is 0 Å². The predicted molar refractivity (Wildman–Crippen MR) is 39.1 cm³/mol. The van der Waals surface area contributed by atoms with E-state index >= 15 is 0 Å². The van der Waals surface area contributed by atoms with Crippen molar-refractivity contribution in [1.82, 2.24) is 0 Å². The fraction of sp³-hybridized carbons (Fsp3) is 0. The van der Waals surface area contributed by atoms with Crippen molar-refractivity contribution in [3.05, 3.63) is 24.3 Å². The topological polar surface area (TPSA) is 60.2 Å². The molecule has 0 aliphatic carbocycles. The van der Waals surface area contributed by atoms with Gasteiger partial charge in [0.2, 0.25) is 0 Å². The molecule has 0 bridgehead atoms. The molecule has 0 unspecified atom stereocenters. The molecule has 0 heterocycles. The number of hydrogen-bond donors (Lipinski definition) is 1. The van der Waals surface area contributed by atoms with Gasteiger partial charge in [0, 0.05) is 0 Å². The molecule has 0 aliphatic rings. The number of benzene rings is 1. The molecule has 0 spiro atoms. The second kappa shape index (κ2) is 2.50. The van der Waals surface area contributed by atoms with E-state index in [0.717, 1.165) is 6.07 Å². The van der Waals surface area contributed by atoms with Crippen molar-refractivity contribution < 1.29 is 12.3 Å². The van der Waals surface area contributed by atoms with Crippen molar-refractivity contribution in [2.75, 3.05) is 5.73 Å². The highest BCUT2D eigenvalue weighted by Gasteiger charge is 2.13. The van der Waals surface area contributed by atoms with Crippen LogP contribution in [0.3, 0.4) is 0 Å². The monoisotopic (exact) mass is 175 g/mol. The summed E-state index contributed by atoms with van der Waals surface area (Å²) >= 11 is 0. The largest absolute Gasteiger partial charge is 0.398 e. The van der Waals surface area contributed by atoms with Crippen molar-refractivity contribution >= 4 is 15.9 Å². The summed E-state index contributed by atoms with van der Waals surface area (Å²) in [7, 11) is -4.66. The molecule has 1 aromatic carbocycles. The molecule has 0 amide bonds. The smallest absolute Gasteiger partial charge is 0.334 e. The molecule has 0 saturated carbocycles. The summed E-state index contributed by atoms with van der Waals surface area (Å²) in [5.74, 6) is 0. The molecule has 2 N–H and O–H groups in total. The van der Waals surface area contributed by atoms with Crippen LogP contribution in [0.4, 0.5) is 9.57 Å². The molecule has 0 radical (unpaired) electrons. The van der Waals surface area contributed by atoms with Crippen molar-refractivity contribution in [1.29, 1.82) is 0 Å². The Bertz CT molecular complexity index is 361. The maximum absolute atomic E-state index is 12.3. The summed E-state index contributed by atoms with van der Waals surface area (Å²) in [6.45, 7) is 0. The lowest BCUT2D eigenvalue weighted by Gasteiger charge is -1.97. The lowest BCUT2D eigenvalue weighted by atomic mass is 10.3. The Morgan fingerprint density at radius 1 is 1.27 bits per heavy atom. The molecule has 11 heavy (non-hydrogen) atoms. The zero-order valence-electron chi connectivity index (χ0n) is 5.49. The lowest BCUT2D eigenvalue weighted by Crippen LogP contribution is -1.97. The lowest BCUT2D eigenvalue weighted by molar-refractivity contribution is 0.552. The van der Waals surface area contributed by atoms with E-state index in [9.17, 15) is 12.3 Å². The van der Waals surface area contributed by atoms with Crippen molar-refractivity contribution in [2.45, 2.75) is 4.90 Å². The number of halogens is 1. The molecule has 3 nitrogen and oxygen atoms in total. The van der Waals surface area contributed by atoms with E-state index < -0.39 is 15.1 Å². The summed E-state index contributed by atoms with van der Waals surface area (Å²) in [6, 6.07) is 5.38. The molecule has 0 fully saturated rings. The molecule has 1 rings (SSSR count). The van der Waals surface area contributed by atoms with E-state index in [1.807, 2.05) is 0 Å². The summed E-state index contributed by atoms with van der Waals surface area (Å²) in [5, 5.41) is 0. The molecule has 0 saturated heterocycles. The Morgan fingerprint density at radius 3 is 2.18 bits per heavy atom. The molecular weight excluding hydrogens is 169 g/mol. The molecule has 1 aromatic rings. The van der Waals surface area contributed by atoms with E-state index in [1.165, 1.54) is 18.2 Å². The van der Waals surface area contributed by atoms with Crippen LogP contribution < -0.4 is 5.73 Å². The highest BCUT2D eigenvalue weighted by Crippen LogP contribution is 2.18.